The zero-order valence-electron chi connectivity index (χ0n) is 51.2. The fourth-order valence-electron chi connectivity index (χ4n) is 15.4. The molecule has 4 bridgehead atoms. The Bertz CT molecular complexity index is 3640. The zero-order chi connectivity index (χ0) is 63.7. The predicted molar refractivity (Wildman–Crippen MR) is 335 cm³/mol. The highest BCUT2D eigenvalue weighted by molar-refractivity contribution is 7.22. The van der Waals surface area contributed by atoms with Crippen LogP contribution in [-0.2, 0) is 43.3 Å². The molecule has 12 rings (SSSR count). The van der Waals surface area contributed by atoms with E-state index in [0.29, 0.717) is 90.2 Å². The molecule has 2 aliphatic heterocycles. The van der Waals surface area contributed by atoms with Crippen molar-refractivity contribution in [3.8, 4) is 22.6 Å². The highest BCUT2D eigenvalue weighted by atomic mass is 32.1. The number of benzene rings is 3. The molecule has 25 heteroatoms. The standard InChI is InChI=1S/C65H79N9O15S/c1-38-43(41-15-18-50(70-51(41)57(79)80)73-22-19-40-44(30-73)42(14-17-47(40)85-5)56(78)71-60-69-45-11-6-7-12-49(45)90-60)29-68-74(38)37-64-32-62(2)31-63(3,33-64)35-65(34-62,36-64)87-27-24-72(23-26-84-4)61(83)86-25-8-10-39-13-16-48(46(28-39)67-21-9-20-66)88-59-54(77)52(75)53(76)55(89-59)58(81)82/h6-8,10-18,28-29,52-55,59,67,75-77H,9,19-27,30-37,66H2,1-5H3,(H,79,80)(H,81,82)(H,69,71,78)/b10-8+/t52-,53-,54+,55-,59+,62?,63?,64?,65?/m0/s1. The number of anilines is 3. The molecular weight excluding hydrogens is 1180 g/mol. The van der Waals surface area contributed by atoms with Gasteiger partial charge in [0.05, 0.1) is 48.0 Å². The number of fused-ring (bicyclic) bond motifs is 2. The molecule has 4 aliphatic carbocycles. The number of aromatic carboxylic acids is 1. The summed E-state index contributed by atoms with van der Waals surface area (Å²) in [5.74, 6) is -1.68. The summed E-state index contributed by atoms with van der Waals surface area (Å²) in [5.41, 5.74) is 11.0. The van der Waals surface area contributed by atoms with Crippen LogP contribution in [0.5, 0.6) is 11.5 Å². The number of amides is 2. The molecule has 1 saturated heterocycles. The van der Waals surface area contributed by atoms with E-state index in [1.807, 2.05) is 59.0 Å². The SMILES string of the molecule is COCCN(CCOC12CC3(C)CC(C)(CC(Cn4ncc(-c5ccc(N6CCc7c(OC)ccc(C(=O)Nc8nc9ccccc9s8)c7C6)nc5C(=O)O)c4C)(C3)C1)C2)C(=O)OC/C=C/c1ccc(O[C@@H]2O[C@H](C(=O)O)[C@@H](O)[C@H](O)[C@H]2O)c(NCCCN)c1. The number of pyridine rings is 1. The number of hydrogen-bond donors (Lipinski definition) is 8. The number of nitrogens with two attached hydrogens (primary N) is 1. The normalized spacial score (nSPS) is 25.9. The van der Waals surface area contributed by atoms with Gasteiger partial charge in [0.25, 0.3) is 5.91 Å². The minimum absolute atomic E-state index is 0.00766. The number of methoxy groups -OCH3 is 2. The fourth-order valence-corrected chi connectivity index (χ4v) is 16.3. The van der Waals surface area contributed by atoms with Gasteiger partial charge in [0.1, 0.15) is 42.2 Å². The van der Waals surface area contributed by atoms with Gasteiger partial charge < -0.3 is 74.8 Å². The molecule has 6 aliphatic rings. The highest BCUT2D eigenvalue weighted by Crippen LogP contribution is 2.72. The van der Waals surface area contributed by atoms with Crippen molar-refractivity contribution in [2.24, 2.45) is 22.0 Å². The third-order valence-electron chi connectivity index (χ3n) is 18.2. The number of carbonyl (C=O) groups is 4. The molecule has 7 atom stereocenters. The average molecular weight is 1260 g/mol. The number of hydrogen-bond acceptors (Lipinski definition) is 20. The molecule has 6 aromatic rings. The molecule has 0 spiro atoms. The monoisotopic (exact) mass is 1260 g/mol. The van der Waals surface area contributed by atoms with Gasteiger partial charge in [-0.15, -0.1) is 0 Å². The van der Waals surface area contributed by atoms with Crippen LogP contribution in [0, 0.1) is 23.2 Å². The number of ether oxygens (including phenoxy) is 6. The number of aromatic nitrogens is 4. The molecule has 2 unspecified atom stereocenters. The molecule has 90 heavy (non-hydrogen) atoms. The van der Waals surface area contributed by atoms with Crippen LogP contribution in [0.2, 0.25) is 0 Å². The van der Waals surface area contributed by atoms with Gasteiger partial charge in [-0.05, 0) is 147 Å². The number of para-hydroxylation sites is 1. The van der Waals surface area contributed by atoms with E-state index in [2.05, 4.69) is 29.5 Å². The Hall–Kier alpha value is -7.75. The quantitative estimate of drug-likeness (QED) is 0.0260. The van der Waals surface area contributed by atoms with Gasteiger partial charge in [-0.25, -0.2) is 24.4 Å². The first-order valence-electron chi connectivity index (χ1n) is 30.4. The largest absolute Gasteiger partial charge is 0.496 e. The summed E-state index contributed by atoms with van der Waals surface area (Å²) in [7, 11) is 3.18. The molecular formula is C65H79N9O15S. The number of carboxylic acids is 2. The number of carbonyl (C=O) groups excluding carboxylic acids is 2. The number of aliphatic hydroxyl groups excluding tert-OH is 3. The highest BCUT2D eigenvalue weighted by Gasteiger charge is 2.66. The predicted octanol–water partition coefficient (Wildman–Crippen LogP) is 7.35. The summed E-state index contributed by atoms with van der Waals surface area (Å²) in [4.78, 5) is 65.6. The summed E-state index contributed by atoms with van der Waals surface area (Å²) < 4.78 is 38.2. The Labute approximate surface area is 524 Å². The van der Waals surface area contributed by atoms with Crippen LogP contribution in [0.4, 0.5) is 21.4 Å². The van der Waals surface area contributed by atoms with Crippen molar-refractivity contribution >= 4 is 68.2 Å². The van der Waals surface area contributed by atoms with Crippen LogP contribution < -0.4 is 30.7 Å². The van der Waals surface area contributed by atoms with Gasteiger partial charge in [0, 0.05) is 74.3 Å². The number of thiazole rings is 1. The number of nitrogens with zero attached hydrogens (tertiary/aromatic N) is 6. The van der Waals surface area contributed by atoms with Gasteiger partial charge in [0.15, 0.2) is 16.9 Å². The van der Waals surface area contributed by atoms with Gasteiger partial charge in [0.2, 0.25) is 6.29 Å². The second-order valence-corrected chi connectivity index (χ2v) is 26.4. The van der Waals surface area contributed by atoms with Crippen LogP contribution in [0.25, 0.3) is 27.4 Å². The number of aliphatic hydroxyl groups is 3. The lowest BCUT2D eigenvalue weighted by atomic mass is 9.39. The molecule has 0 radical (unpaired) electrons. The van der Waals surface area contributed by atoms with E-state index in [1.165, 1.54) is 11.3 Å². The molecule has 24 nitrogen and oxygen atoms in total. The van der Waals surface area contributed by atoms with Gasteiger partial charge in [-0.1, -0.05) is 49.5 Å². The Kier molecular flexibility index (Phi) is 18.6. The van der Waals surface area contributed by atoms with E-state index in [-0.39, 0.29) is 66.5 Å². The second-order valence-electron chi connectivity index (χ2n) is 25.4. The maximum absolute atomic E-state index is 13.9. The molecule has 2 amide bonds. The topological polar surface area (TPSA) is 325 Å². The third kappa shape index (κ3) is 13.4. The van der Waals surface area contributed by atoms with Gasteiger partial charge in [-0.3, -0.25) is 14.8 Å². The van der Waals surface area contributed by atoms with Crippen molar-refractivity contribution in [2.75, 3.05) is 82.3 Å². The first-order valence-corrected chi connectivity index (χ1v) is 31.2. The minimum atomic E-state index is -1.87. The molecule has 3 aromatic heterocycles. The number of rotatable bonds is 25. The van der Waals surface area contributed by atoms with Crippen molar-refractivity contribution in [2.45, 2.75) is 122 Å². The lowest BCUT2D eigenvalue weighted by Gasteiger charge is -2.69. The van der Waals surface area contributed by atoms with Gasteiger partial charge in [-0.2, -0.15) is 5.10 Å². The maximum atomic E-state index is 13.9. The first kappa shape index (κ1) is 63.8. The van der Waals surface area contributed by atoms with Crippen LogP contribution in [0.15, 0.2) is 79.0 Å². The first-order chi connectivity index (χ1) is 43.1. The maximum Gasteiger partial charge on any atom is 0.410 e. The lowest BCUT2D eigenvalue weighted by molar-refractivity contribution is -0.271. The van der Waals surface area contributed by atoms with E-state index >= 15 is 0 Å². The Morgan fingerprint density at radius 1 is 0.878 bits per heavy atom. The summed E-state index contributed by atoms with van der Waals surface area (Å²) >= 11 is 1.40. The summed E-state index contributed by atoms with van der Waals surface area (Å²) in [6, 6.07) is 19.9. The third-order valence-corrected chi connectivity index (χ3v) is 19.2. The number of carboxylic acid groups (broad SMARTS) is 2. The molecule has 4 saturated carbocycles. The Morgan fingerprint density at radius 3 is 2.38 bits per heavy atom. The van der Waals surface area contributed by atoms with Gasteiger partial charge >= 0.3 is 18.0 Å². The molecule has 5 heterocycles. The number of aliphatic carboxylic acids is 1. The summed E-state index contributed by atoms with van der Waals surface area (Å²) in [5, 5.41) is 63.0. The summed E-state index contributed by atoms with van der Waals surface area (Å²) in [6.45, 7) is 10.0. The van der Waals surface area contributed by atoms with Crippen molar-refractivity contribution < 1.29 is 73.1 Å². The molecule has 9 N–H and O–H groups in total. The van der Waals surface area contributed by atoms with Crippen molar-refractivity contribution in [1.82, 2.24) is 24.6 Å². The van der Waals surface area contributed by atoms with Crippen LogP contribution in [-0.4, -0.2) is 177 Å². The second kappa shape index (κ2) is 26.2. The Balaban J connectivity index is 0.738. The van der Waals surface area contributed by atoms with Crippen molar-refractivity contribution in [3.05, 3.63) is 113 Å². The van der Waals surface area contributed by atoms with Crippen LogP contribution in [0.3, 0.4) is 0 Å². The van der Waals surface area contributed by atoms with E-state index in [0.717, 1.165) is 65.6 Å². The Morgan fingerprint density at radius 2 is 1.64 bits per heavy atom. The molecule has 3 aromatic carbocycles. The number of nitrogens with one attached hydrogen (secondary N) is 2. The van der Waals surface area contributed by atoms with E-state index < -0.39 is 54.3 Å². The van der Waals surface area contributed by atoms with Crippen LogP contribution >= 0.6 is 11.3 Å². The fraction of sp³-hybridized carbons (Fsp3) is 0.492. The molecule has 5 fully saturated rings. The lowest BCUT2D eigenvalue weighted by Crippen LogP contribution is -2.64. The summed E-state index contributed by atoms with van der Waals surface area (Å²) in [6.07, 6.45) is 2.49. The molecule has 480 valence electrons. The van der Waals surface area contributed by atoms with Crippen molar-refractivity contribution in [3.63, 3.8) is 0 Å². The minimum Gasteiger partial charge on any atom is -0.496 e. The van der Waals surface area contributed by atoms with E-state index in [1.54, 1.807) is 61.7 Å². The van der Waals surface area contributed by atoms with E-state index in [4.69, 9.17) is 44.2 Å². The van der Waals surface area contributed by atoms with E-state index in [9.17, 15) is 44.7 Å². The zero-order valence-corrected chi connectivity index (χ0v) is 52.0. The van der Waals surface area contributed by atoms with Crippen molar-refractivity contribution in [1.29, 1.82) is 0 Å². The smallest absolute Gasteiger partial charge is 0.410 e. The average Bonchev–Trinajstić information content (AvgIpc) is 0.712. The van der Waals surface area contributed by atoms with Crippen LogP contribution in [0.1, 0.15) is 102 Å².